The average molecular weight is 234 g/mol. The predicted molar refractivity (Wildman–Crippen MR) is 59.8 cm³/mol. The fourth-order valence-corrected chi connectivity index (χ4v) is 2.03. The molecule has 0 saturated heterocycles. The van der Waals surface area contributed by atoms with Crippen molar-refractivity contribution in [3.05, 3.63) is 29.8 Å². The van der Waals surface area contributed by atoms with Gasteiger partial charge in [0.2, 0.25) is 10.0 Å². The molecule has 0 aromatic heterocycles. The summed E-state index contributed by atoms with van der Waals surface area (Å²) in [6.07, 6.45) is 5.23. The topological polar surface area (TPSA) is 70.0 Å². The van der Waals surface area contributed by atoms with Crippen molar-refractivity contribution in [3.63, 3.8) is 0 Å². The van der Waals surface area contributed by atoms with Crippen LogP contribution in [0.2, 0.25) is 0 Å². The van der Waals surface area contributed by atoms with Crippen molar-refractivity contribution in [1.82, 2.24) is 4.72 Å². The number of sulfonamides is 1. The lowest BCUT2D eigenvalue weighted by atomic mass is 10.2. The summed E-state index contributed by atoms with van der Waals surface area (Å²) in [7, 11) is -3.53. The number of nitrogens with zero attached hydrogens (tertiary/aromatic N) is 1. The molecular weight excluding hydrogens is 224 g/mol. The molecule has 0 saturated carbocycles. The monoisotopic (exact) mass is 234 g/mol. The molecule has 4 nitrogen and oxygen atoms in total. The lowest BCUT2D eigenvalue weighted by Gasteiger charge is -2.04. The number of rotatable bonds is 4. The quantitative estimate of drug-likeness (QED) is 0.778. The fraction of sp³-hybridized carbons (Fsp3) is 0.182. The van der Waals surface area contributed by atoms with Gasteiger partial charge in [-0.15, -0.1) is 6.42 Å². The first-order valence-electron chi connectivity index (χ1n) is 4.49. The number of terminal acetylenes is 1. The van der Waals surface area contributed by atoms with E-state index in [-0.39, 0.29) is 17.9 Å². The summed E-state index contributed by atoms with van der Waals surface area (Å²) < 4.78 is 25.4. The average Bonchev–Trinajstić information content (AvgIpc) is 2.28. The Labute approximate surface area is 95.0 Å². The highest BCUT2D eigenvalue weighted by molar-refractivity contribution is 7.89. The van der Waals surface area contributed by atoms with E-state index in [2.05, 4.69) is 10.6 Å². The van der Waals surface area contributed by atoms with Gasteiger partial charge in [-0.2, -0.15) is 9.98 Å². The lowest BCUT2D eigenvalue weighted by molar-refractivity contribution is 0.586. The standard InChI is InChI=1S/C11H10N2O2S/c1-2-9-13-16(14,15)11-5-3-10(4-6-11)7-8-12/h1,3-6,13H,7,9H2. The Bertz CT molecular complexity index is 533. The molecule has 0 spiro atoms. The molecule has 0 aliphatic carbocycles. The zero-order valence-corrected chi connectivity index (χ0v) is 9.29. The lowest BCUT2D eigenvalue weighted by Crippen LogP contribution is -2.23. The van der Waals surface area contributed by atoms with Crippen LogP contribution in [-0.2, 0) is 16.4 Å². The summed E-state index contributed by atoms with van der Waals surface area (Å²) in [5, 5.41) is 8.46. The second-order valence-corrected chi connectivity index (χ2v) is 4.77. The molecule has 1 rings (SSSR count). The van der Waals surface area contributed by atoms with Crippen LogP contribution >= 0.6 is 0 Å². The van der Waals surface area contributed by atoms with Crippen LogP contribution in [0.4, 0.5) is 0 Å². The minimum absolute atomic E-state index is 0.0394. The van der Waals surface area contributed by atoms with Crippen molar-refractivity contribution in [2.75, 3.05) is 6.54 Å². The van der Waals surface area contributed by atoms with E-state index in [1.54, 1.807) is 12.1 Å². The van der Waals surface area contributed by atoms with Gasteiger partial charge in [-0.25, -0.2) is 8.42 Å². The number of nitrogens with one attached hydrogen (secondary N) is 1. The summed E-state index contributed by atoms with van der Waals surface area (Å²) in [5.41, 5.74) is 0.776. The largest absolute Gasteiger partial charge is 0.241 e. The molecule has 0 unspecified atom stereocenters. The molecule has 0 amide bonds. The molecule has 1 aromatic rings. The van der Waals surface area contributed by atoms with Crippen molar-refractivity contribution in [3.8, 4) is 18.4 Å². The molecule has 1 N–H and O–H groups in total. The second kappa shape index (κ2) is 5.32. The van der Waals surface area contributed by atoms with Crippen LogP contribution < -0.4 is 4.72 Å². The molecule has 0 atom stereocenters. The third-order valence-electron chi connectivity index (χ3n) is 1.88. The van der Waals surface area contributed by atoms with E-state index in [9.17, 15) is 8.42 Å². The Morgan fingerprint density at radius 3 is 2.44 bits per heavy atom. The Morgan fingerprint density at radius 2 is 1.94 bits per heavy atom. The maximum atomic E-state index is 11.6. The van der Waals surface area contributed by atoms with Gasteiger partial charge in [0.05, 0.1) is 23.9 Å². The fourth-order valence-electron chi connectivity index (χ4n) is 1.10. The predicted octanol–water partition coefficient (Wildman–Crippen LogP) is 0.664. The van der Waals surface area contributed by atoms with Crippen LogP contribution in [0, 0.1) is 23.7 Å². The van der Waals surface area contributed by atoms with E-state index >= 15 is 0 Å². The SMILES string of the molecule is C#CCNS(=O)(=O)c1ccc(CC#N)cc1. The molecule has 82 valence electrons. The Morgan fingerprint density at radius 1 is 1.31 bits per heavy atom. The molecule has 5 heteroatoms. The van der Waals surface area contributed by atoms with Crippen LogP contribution in [0.25, 0.3) is 0 Å². The number of benzene rings is 1. The first-order valence-corrected chi connectivity index (χ1v) is 5.97. The van der Waals surface area contributed by atoms with Crippen molar-refractivity contribution in [2.24, 2.45) is 0 Å². The maximum Gasteiger partial charge on any atom is 0.241 e. The first kappa shape index (κ1) is 12.3. The van der Waals surface area contributed by atoms with Gasteiger partial charge in [0.1, 0.15) is 0 Å². The normalized spacial score (nSPS) is 10.4. The Balaban J connectivity index is 2.90. The summed E-state index contributed by atoms with van der Waals surface area (Å²) in [6, 6.07) is 8.09. The third-order valence-corrected chi connectivity index (χ3v) is 3.30. The van der Waals surface area contributed by atoms with E-state index in [1.807, 2.05) is 6.07 Å². The molecule has 0 bridgehead atoms. The van der Waals surface area contributed by atoms with E-state index in [0.717, 1.165) is 5.56 Å². The van der Waals surface area contributed by atoms with Crippen LogP contribution in [0.1, 0.15) is 5.56 Å². The van der Waals surface area contributed by atoms with Crippen molar-refractivity contribution in [2.45, 2.75) is 11.3 Å². The number of nitriles is 1. The highest BCUT2D eigenvalue weighted by Crippen LogP contribution is 2.10. The summed E-state index contributed by atoms with van der Waals surface area (Å²) >= 11 is 0. The first-order chi connectivity index (χ1) is 7.60. The van der Waals surface area contributed by atoms with Gasteiger partial charge < -0.3 is 0 Å². The van der Waals surface area contributed by atoms with E-state index in [4.69, 9.17) is 11.7 Å². The van der Waals surface area contributed by atoms with Gasteiger partial charge in [-0.1, -0.05) is 18.1 Å². The van der Waals surface area contributed by atoms with Crippen LogP contribution in [0.15, 0.2) is 29.2 Å². The van der Waals surface area contributed by atoms with E-state index in [1.165, 1.54) is 12.1 Å². The van der Waals surface area contributed by atoms with Gasteiger partial charge in [0.25, 0.3) is 0 Å². The number of hydrogen-bond donors (Lipinski definition) is 1. The van der Waals surface area contributed by atoms with E-state index < -0.39 is 10.0 Å². The highest BCUT2D eigenvalue weighted by Gasteiger charge is 2.11. The summed E-state index contributed by atoms with van der Waals surface area (Å²) in [5.74, 6) is 2.19. The highest BCUT2D eigenvalue weighted by atomic mass is 32.2. The van der Waals surface area contributed by atoms with E-state index in [0.29, 0.717) is 0 Å². The summed E-state index contributed by atoms with van der Waals surface area (Å²) in [6.45, 7) is -0.0394. The summed E-state index contributed by atoms with van der Waals surface area (Å²) in [4.78, 5) is 0.143. The van der Waals surface area contributed by atoms with Gasteiger partial charge in [-0.3, -0.25) is 0 Å². The van der Waals surface area contributed by atoms with Crippen molar-refractivity contribution in [1.29, 1.82) is 5.26 Å². The smallest absolute Gasteiger partial charge is 0.207 e. The minimum Gasteiger partial charge on any atom is -0.207 e. The van der Waals surface area contributed by atoms with Crippen LogP contribution in [-0.4, -0.2) is 15.0 Å². The molecule has 0 heterocycles. The zero-order chi connectivity index (χ0) is 12.0. The minimum atomic E-state index is -3.53. The molecular formula is C11H10N2O2S. The maximum absolute atomic E-state index is 11.6. The second-order valence-electron chi connectivity index (χ2n) is 3.01. The molecule has 1 aromatic carbocycles. The molecule has 16 heavy (non-hydrogen) atoms. The van der Waals surface area contributed by atoms with Gasteiger partial charge in [0.15, 0.2) is 0 Å². The molecule has 0 fully saturated rings. The van der Waals surface area contributed by atoms with Gasteiger partial charge in [0, 0.05) is 0 Å². The van der Waals surface area contributed by atoms with Crippen LogP contribution in [0.5, 0.6) is 0 Å². The zero-order valence-electron chi connectivity index (χ0n) is 8.47. The van der Waals surface area contributed by atoms with Gasteiger partial charge in [-0.05, 0) is 17.7 Å². The Kier molecular flexibility index (Phi) is 4.07. The Hall–Kier alpha value is -1.82. The molecule has 0 aliphatic heterocycles. The third kappa shape index (κ3) is 3.09. The van der Waals surface area contributed by atoms with Crippen molar-refractivity contribution < 1.29 is 8.42 Å². The molecule has 0 radical (unpaired) electrons. The molecule has 0 aliphatic rings. The van der Waals surface area contributed by atoms with Crippen molar-refractivity contribution >= 4 is 10.0 Å². The van der Waals surface area contributed by atoms with Gasteiger partial charge >= 0.3 is 0 Å². The number of hydrogen-bond acceptors (Lipinski definition) is 3. The van der Waals surface area contributed by atoms with Crippen LogP contribution in [0.3, 0.4) is 0 Å².